The lowest BCUT2D eigenvalue weighted by Crippen LogP contribution is -2.57. The smallest absolute Gasteiger partial charge is 0.230 e. The third-order valence-corrected chi connectivity index (χ3v) is 5.09. The Bertz CT molecular complexity index is 583. The van der Waals surface area contributed by atoms with Crippen LogP contribution in [0.25, 0.3) is 0 Å². The van der Waals surface area contributed by atoms with Crippen LogP contribution in [-0.2, 0) is 11.3 Å². The number of likely N-dealkylation sites (tertiary alicyclic amines) is 1. The molecule has 1 N–H and O–H groups in total. The summed E-state index contributed by atoms with van der Waals surface area (Å²) in [5, 5.41) is 2.93. The molecule has 0 aromatic carbocycles. The Balaban J connectivity index is 2.18. The van der Waals surface area contributed by atoms with Gasteiger partial charge in [-0.15, -0.1) is 0 Å². The first-order chi connectivity index (χ1) is 10.9. The van der Waals surface area contributed by atoms with E-state index in [-0.39, 0.29) is 17.0 Å². The van der Waals surface area contributed by atoms with Gasteiger partial charge in [0.05, 0.1) is 5.69 Å². The summed E-state index contributed by atoms with van der Waals surface area (Å²) in [6, 6.07) is 5.89. The summed E-state index contributed by atoms with van der Waals surface area (Å²) >= 11 is 0. The molecule has 0 unspecified atom stereocenters. The van der Waals surface area contributed by atoms with Crippen LogP contribution in [0.2, 0.25) is 0 Å². The van der Waals surface area contributed by atoms with Crippen LogP contribution < -0.4 is 5.32 Å². The number of rotatable bonds is 3. The topological polar surface area (TPSA) is 45.2 Å². The maximum absolute atomic E-state index is 12.2. The van der Waals surface area contributed by atoms with Crippen molar-refractivity contribution in [2.75, 3.05) is 5.32 Å². The monoisotopic (exact) mass is 331 g/mol. The highest BCUT2D eigenvalue weighted by molar-refractivity contribution is 5.93. The van der Waals surface area contributed by atoms with E-state index in [1.807, 2.05) is 39.0 Å². The normalized spacial score (nSPS) is 20.6. The Labute approximate surface area is 147 Å². The Kier molecular flexibility index (Phi) is 5.10. The van der Waals surface area contributed by atoms with Gasteiger partial charge in [0.2, 0.25) is 5.91 Å². The highest BCUT2D eigenvalue weighted by Gasteiger charge is 2.41. The van der Waals surface area contributed by atoms with E-state index in [9.17, 15) is 4.79 Å². The van der Waals surface area contributed by atoms with Crippen LogP contribution >= 0.6 is 0 Å². The van der Waals surface area contributed by atoms with Crippen LogP contribution in [0.4, 0.5) is 5.82 Å². The molecule has 1 aromatic heterocycles. The number of carbonyl (C=O) groups excluding carboxylic acids is 1. The van der Waals surface area contributed by atoms with Gasteiger partial charge in [-0.2, -0.15) is 0 Å². The van der Waals surface area contributed by atoms with Crippen molar-refractivity contribution in [3.05, 3.63) is 23.9 Å². The molecule has 0 bridgehead atoms. The van der Waals surface area contributed by atoms with Gasteiger partial charge >= 0.3 is 0 Å². The molecule has 0 aliphatic carbocycles. The van der Waals surface area contributed by atoms with E-state index in [2.05, 4.69) is 42.9 Å². The van der Waals surface area contributed by atoms with Crippen LogP contribution in [-0.4, -0.2) is 26.9 Å². The van der Waals surface area contributed by atoms with Gasteiger partial charge in [0.15, 0.2) is 0 Å². The summed E-state index contributed by atoms with van der Waals surface area (Å²) < 4.78 is 0. The van der Waals surface area contributed by atoms with Gasteiger partial charge in [-0.25, -0.2) is 4.98 Å². The minimum absolute atomic E-state index is 0.00853. The van der Waals surface area contributed by atoms with Crippen molar-refractivity contribution in [1.29, 1.82) is 0 Å². The zero-order valence-corrected chi connectivity index (χ0v) is 16.4. The molecular weight excluding hydrogens is 298 g/mol. The molecule has 0 spiro atoms. The molecule has 1 fully saturated rings. The van der Waals surface area contributed by atoms with E-state index in [0.29, 0.717) is 5.82 Å². The number of pyridine rings is 1. The fourth-order valence-corrected chi connectivity index (χ4v) is 3.57. The van der Waals surface area contributed by atoms with Gasteiger partial charge in [0, 0.05) is 23.0 Å². The first-order valence-corrected chi connectivity index (χ1v) is 8.97. The molecular formula is C20H33N3O. The van der Waals surface area contributed by atoms with Gasteiger partial charge in [-0.05, 0) is 59.1 Å². The van der Waals surface area contributed by atoms with Crippen molar-refractivity contribution in [2.45, 2.75) is 85.4 Å². The van der Waals surface area contributed by atoms with Gasteiger partial charge in [-0.1, -0.05) is 26.8 Å². The average Bonchev–Trinajstić information content (AvgIpc) is 2.42. The summed E-state index contributed by atoms with van der Waals surface area (Å²) in [7, 11) is 0. The zero-order valence-electron chi connectivity index (χ0n) is 16.4. The summed E-state index contributed by atoms with van der Waals surface area (Å²) in [6.45, 7) is 15.8. The van der Waals surface area contributed by atoms with Crippen molar-refractivity contribution in [3.63, 3.8) is 0 Å². The molecule has 1 aromatic rings. The van der Waals surface area contributed by atoms with E-state index in [1.165, 1.54) is 19.3 Å². The van der Waals surface area contributed by atoms with Crippen LogP contribution in [0.1, 0.15) is 73.4 Å². The number of nitrogens with one attached hydrogen (secondary N) is 1. The van der Waals surface area contributed by atoms with Gasteiger partial charge < -0.3 is 5.32 Å². The lowest BCUT2D eigenvalue weighted by atomic mass is 9.79. The third-order valence-electron chi connectivity index (χ3n) is 5.09. The molecule has 2 heterocycles. The zero-order chi connectivity index (χ0) is 18.2. The molecule has 1 aliphatic rings. The summed E-state index contributed by atoms with van der Waals surface area (Å²) in [4.78, 5) is 19.4. The molecule has 1 aliphatic heterocycles. The SMILES string of the molecule is CC(C)(C)C(=O)Nc1cccc(CN2C(C)(C)CCCC2(C)C)n1. The number of hydrogen-bond donors (Lipinski definition) is 1. The second kappa shape index (κ2) is 6.47. The van der Waals surface area contributed by atoms with Crippen LogP contribution in [0.15, 0.2) is 18.2 Å². The van der Waals surface area contributed by atoms with E-state index in [0.717, 1.165) is 12.2 Å². The second-order valence-corrected chi connectivity index (χ2v) is 9.28. The quantitative estimate of drug-likeness (QED) is 0.880. The first kappa shape index (κ1) is 18.9. The number of aromatic nitrogens is 1. The summed E-state index contributed by atoms with van der Waals surface area (Å²) in [6.07, 6.45) is 3.68. The molecule has 2 rings (SSSR count). The fraction of sp³-hybridized carbons (Fsp3) is 0.700. The number of carbonyl (C=O) groups is 1. The summed E-state index contributed by atoms with van der Waals surface area (Å²) in [5.41, 5.74) is 0.904. The lowest BCUT2D eigenvalue weighted by Gasteiger charge is -2.52. The van der Waals surface area contributed by atoms with Crippen LogP contribution in [0, 0.1) is 5.41 Å². The molecule has 1 saturated heterocycles. The standard InChI is InChI=1S/C20H33N3O/c1-18(2,3)17(24)22-16-11-8-10-15(21-16)14-23-19(4,5)12-9-13-20(23,6)7/h8,10-11H,9,12-14H2,1-7H3,(H,21,22,24). The number of nitrogens with zero attached hydrogens (tertiary/aromatic N) is 2. The molecule has 24 heavy (non-hydrogen) atoms. The Morgan fingerprint density at radius 1 is 1.17 bits per heavy atom. The minimum atomic E-state index is -0.422. The maximum atomic E-state index is 12.2. The number of anilines is 1. The van der Waals surface area contributed by atoms with Crippen molar-refractivity contribution < 1.29 is 4.79 Å². The van der Waals surface area contributed by atoms with Crippen molar-refractivity contribution in [2.24, 2.45) is 5.41 Å². The van der Waals surface area contributed by atoms with Gasteiger partial charge in [0.25, 0.3) is 0 Å². The predicted molar refractivity (Wildman–Crippen MR) is 99.9 cm³/mol. The maximum Gasteiger partial charge on any atom is 0.230 e. The minimum Gasteiger partial charge on any atom is -0.310 e. The molecule has 0 radical (unpaired) electrons. The van der Waals surface area contributed by atoms with E-state index in [4.69, 9.17) is 0 Å². The van der Waals surface area contributed by atoms with Crippen molar-refractivity contribution in [1.82, 2.24) is 9.88 Å². The van der Waals surface area contributed by atoms with Crippen LogP contribution in [0.5, 0.6) is 0 Å². The third kappa shape index (κ3) is 4.35. The van der Waals surface area contributed by atoms with Crippen molar-refractivity contribution in [3.8, 4) is 0 Å². The second-order valence-electron chi connectivity index (χ2n) is 9.28. The van der Waals surface area contributed by atoms with E-state index >= 15 is 0 Å². The molecule has 4 heteroatoms. The molecule has 0 atom stereocenters. The number of amides is 1. The van der Waals surface area contributed by atoms with E-state index < -0.39 is 5.41 Å². The van der Waals surface area contributed by atoms with Gasteiger partial charge in [0.1, 0.15) is 5.82 Å². The predicted octanol–water partition coefficient (Wildman–Crippen LogP) is 4.61. The first-order valence-electron chi connectivity index (χ1n) is 8.97. The van der Waals surface area contributed by atoms with Gasteiger partial charge in [-0.3, -0.25) is 9.69 Å². The lowest BCUT2D eigenvalue weighted by molar-refractivity contribution is -0.123. The average molecular weight is 332 g/mol. The largest absolute Gasteiger partial charge is 0.310 e. The number of hydrogen-bond acceptors (Lipinski definition) is 3. The van der Waals surface area contributed by atoms with Crippen LogP contribution in [0.3, 0.4) is 0 Å². The molecule has 134 valence electrons. The molecule has 4 nitrogen and oxygen atoms in total. The number of piperidine rings is 1. The highest BCUT2D eigenvalue weighted by Crippen LogP contribution is 2.39. The fourth-order valence-electron chi connectivity index (χ4n) is 3.57. The summed E-state index contributed by atoms with van der Waals surface area (Å²) in [5.74, 6) is 0.630. The Hall–Kier alpha value is -1.42. The molecule has 1 amide bonds. The molecule has 0 saturated carbocycles. The van der Waals surface area contributed by atoms with E-state index in [1.54, 1.807) is 0 Å². The Morgan fingerprint density at radius 2 is 1.75 bits per heavy atom. The Morgan fingerprint density at radius 3 is 2.29 bits per heavy atom. The van der Waals surface area contributed by atoms with Crippen molar-refractivity contribution >= 4 is 11.7 Å². The highest BCUT2D eigenvalue weighted by atomic mass is 16.2.